The molecule has 2 aromatic rings. The zero-order valence-electron chi connectivity index (χ0n) is 18.3. The van der Waals surface area contributed by atoms with Gasteiger partial charge in [0.2, 0.25) is 0 Å². The SMILES string of the molecule is CCNC(=O)COc1cccc(CN=C(NCC)N2CCN(Cc3ccon3)CC2)c1. The maximum Gasteiger partial charge on any atom is 0.257 e. The van der Waals surface area contributed by atoms with Crippen LogP contribution in [0.15, 0.2) is 46.1 Å². The number of nitrogens with one attached hydrogen (secondary N) is 2. The van der Waals surface area contributed by atoms with Crippen LogP contribution in [-0.4, -0.2) is 72.7 Å². The van der Waals surface area contributed by atoms with Gasteiger partial charge in [-0.25, -0.2) is 4.99 Å². The van der Waals surface area contributed by atoms with E-state index in [4.69, 9.17) is 14.3 Å². The van der Waals surface area contributed by atoms with E-state index in [0.29, 0.717) is 18.8 Å². The lowest BCUT2D eigenvalue weighted by Crippen LogP contribution is -2.52. The molecular weight excluding hydrogens is 396 g/mol. The molecule has 1 aliphatic rings. The number of carbonyl (C=O) groups is 1. The molecule has 9 heteroatoms. The molecule has 2 N–H and O–H groups in total. The van der Waals surface area contributed by atoms with Crippen molar-refractivity contribution in [3.05, 3.63) is 47.9 Å². The number of aliphatic imine (C=N–C) groups is 1. The van der Waals surface area contributed by atoms with Crippen LogP contribution in [-0.2, 0) is 17.9 Å². The minimum atomic E-state index is -0.122. The van der Waals surface area contributed by atoms with Crippen molar-refractivity contribution in [2.75, 3.05) is 45.9 Å². The molecular formula is C22H32N6O3. The molecule has 1 aromatic carbocycles. The van der Waals surface area contributed by atoms with Gasteiger partial charge in [-0.1, -0.05) is 17.3 Å². The minimum Gasteiger partial charge on any atom is -0.484 e. The molecule has 1 aromatic heterocycles. The number of likely N-dealkylation sites (N-methyl/N-ethyl adjacent to an activating group) is 1. The van der Waals surface area contributed by atoms with Crippen molar-refractivity contribution in [1.29, 1.82) is 0 Å². The summed E-state index contributed by atoms with van der Waals surface area (Å²) < 4.78 is 10.5. The molecule has 3 rings (SSSR count). The van der Waals surface area contributed by atoms with E-state index in [9.17, 15) is 4.79 Å². The number of carbonyl (C=O) groups excluding carboxylic acids is 1. The second-order valence-electron chi connectivity index (χ2n) is 7.31. The Balaban J connectivity index is 1.53. The first-order valence-corrected chi connectivity index (χ1v) is 10.8. The Morgan fingerprint density at radius 1 is 1.16 bits per heavy atom. The van der Waals surface area contributed by atoms with Crippen molar-refractivity contribution in [2.24, 2.45) is 4.99 Å². The van der Waals surface area contributed by atoms with Gasteiger partial charge in [0.15, 0.2) is 12.6 Å². The lowest BCUT2D eigenvalue weighted by Gasteiger charge is -2.36. The highest BCUT2D eigenvalue weighted by atomic mass is 16.5. The molecule has 0 unspecified atom stereocenters. The standard InChI is InChI=1S/C22H32N6O3/c1-3-23-21(29)17-30-20-7-5-6-18(14-20)15-25-22(24-4-2)28-11-9-27(10-12-28)16-19-8-13-31-26-19/h5-8,13-14H,3-4,9-12,15-17H2,1-2H3,(H,23,29)(H,24,25). The Labute approximate surface area is 183 Å². The predicted molar refractivity (Wildman–Crippen MR) is 119 cm³/mol. The highest BCUT2D eigenvalue weighted by Gasteiger charge is 2.20. The number of nitrogens with zero attached hydrogens (tertiary/aromatic N) is 4. The van der Waals surface area contributed by atoms with Gasteiger partial charge in [-0.3, -0.25) is 9.69 Å². The fraction of sp³-hybridized carbons (Fsp3) is 0.500. The molecule has 1 fully saturated rings. The number of ether oxygens (including phenoxy) is 1. The predicted octanol–water partition coefficient (Wildman–Crippen LogP) is 1.47. The van der Waals surface area contributed by atoms with Crippen molar-refractivity contribution in [3.63, 3.8) is 0 Å². The summed E-state index contributed by atoms with van der Waals surface area (Å²) in [5, 5.41) is 10.1. The molecule has 0 atom stereocenters. The number of hydrogen-bond donors (Lipinski definition) is 2. The van der Waals surface area contributed by atoms with Gasteiger partial charge in [0.05, 0.1) is 12.2 Å². The second-order valence-corrected chi connectivity index (χ2v) is 7.31. The van der Waals surface area contributed by atoms with E-state index in [1.54, 1.807) is 6.26 Å². The van der Waals surface area contributed by atoms with Crippen LogP contribution in [0.2, 0.25) is 0 Å². The van der Waals surface area contributed by atoms with E-state index in [1.807, 2.05) is 37.3 Å². The maximum absolute atomic E-state index is 11.6. The molecule has 1 saturated heterocycles. The van der Waals surface area contributed by atoms with Crippen LogP contribution in [0.4, 0.5) is 0 Å². The van der Waals surface area contributed by atoms with Crippen molar-refractivity contribution < 1.29 is 14.1 Å². The first-order valence-electron chi connectivity index (χ1n) is 10.8. The first-order chi connectivity index (χ1) is 15.2. The molecule has 0 aliphatic carbocycles. The fourth-order valence-corrected chi connectivity index (χ4v) is 3.39. The van der Waals surface area contributed by atoms with Crippen molar-refractivity contribution >= 4 is 11.9 Å². The average Bonchev–Trinajstić information content (AvgIpc) is 3.29. The van der Waals surface area contributed by atoms with Gasteiger partial charge in [-0.2, -0.15) is 0 Å². The Morgan fingerprint density at radius 2 is 1.97 bits per heavy atom. The number of benzene rings is 1. The van der Waals surface area contributed by atoms with Crippen LogP contribution in [0, 0.1) is 0 Å². The van der Waals surface area contributed by atoms with Gasteiger partial charge >= 0.3 is 0 Å². The summed E-state index contributed by atoms with van der Waals surface area (Å²) in [5.74, 6) is 1.46. The number of piperazine rings is 1. The van der Waals surface area contributed by atoms with Crippen LogP contribution in [0.5, 0.6) is 5.75 Å². The van der Waals surface area contributed by atoms with E-state index >= 15 is 0 Å². The quantitative estimate of drug-likeness (QED) is 0.461. The largest absolute Gasteiger partial charge is 0.484 e. The summed E-state index contributed by atoms with van der Waals surface area (Å²) in [7, 11) is 0. The van der Waals surface area contributed by atoms with Gasteiger partial charge in [0, 0.05) is 51.9 Å². The van der Waals surface area contributed by atoms with Gasteiger partial charge in [0.1, 0.15) is 12.0 Å². The molecule has 1 aliphatic heterocycles. The molecule has 0 spiro atoms. The topological polar surface area (TPSA) is 95.2 Å². The van der Waals surface area contributed by atoms with Crippen molar-refractivity contribution in [1.82, 2.24) is 25.6 Å². The van der Waals surface area contributed by atoms with Crippen molar-refractivity contribution in [2.45, 2.75) is 26.9 Å². The van der Waals surface area contributed by atoms with E-state index in [1.165, 1.54) is 0 Å². The zero-order chi connectivity index (χ0) is 21.9. The number of guanidine groups is 1. The molecule has 0 radical (unpaired) electrons. The van der Waals surface area contributed by atoms with E-state index < -0.39 is 0 Å². The Kier molecular flexibility index (Phi) is 8.71. The molecule has 1 amide bonds. The lowest BCUT2D eigenvalue weighted by molar-refractivity contribution is -0.122. The number of amides is 1. The minimum absolute atomic E-state index is 0.0157. The molecule has 9 nitrogen and oxygen atoms in total. The van der Waals surface area contributed by atoms with E-state index in [2.05, 4.69) is 32.5 Å². The first kappa shape index (κ1) is 22.6. The number of rotatable bonds is 9. The van der Waals surface area contributed by atoms with Crippen molar-refractivity contribution in [3.8, 4) is 5.75 Å². The van der Waals surface area contributed by atoms with E-state index in [0.717, 1.165) is 56.5 Å². The molecule has 31 heavy (non-hydrogen) atoms. The Bertz CT molecular complexity index is 832. The maximum atomic E-state index is 11.6. The highest BCUT2D eigenvalue weighted by molar-refractivity contribution is 5.80. The van der Waals surface area contributed by atoms with Gasteiger partial charge in [-0.15, -0.1) is 0 Å². The number of aromatic nitrogens is 1. The second kappa shape index (κ2) is 11.9. The molecule has 0 saturated carbocycles. The molecule has 168 valence electrons. The lowest BCUT2D eigenvalue weighted by atomic mass is 10.2. The summed E-state index contributed by atoms with van der Waals surface area (Å²) in [5.41, 5.74) is 2.00. The number of hydrogen-bond acceptors (Lipinski definition) is 6. The third-order valence-corrected chi connectivity index (χ3v) is 4.94. The van der Waals surface area contributed by atoms with Crippen LogP contribution in [0.3, 0.4) is 0 Å². The van der Waals surface area contributed by atoms with Gasteiger partial charge in [-0.05, 0) is 31.5 Å². The third kappa shape index (κ3) is 7.29. The summed E-state index contributed by atoms with van der Waals surface area (Å²) >= 11 is 0. The third-order valence-electron chi connectivity index (χ3n) is 4.94. The van der Waals surface area contributed by atoms with Crippen LogP contribution < -0.4 is 15.4 Å². The van der Waals surface area contributed by atoms with Crippen LogP contribution in [0.25, 0.3) is 0 Å². The molecule has 0 bridgehead atoms. The highest BCUT2D eigenvalue weighted by Crippen LogP contribution is 2.14. The summed E-state index contributed by atoms with van der Waals surface area (Å²) in [6.45, 7) is 10.4. The van der Waals surface area contributed by atoms with Crippen LogP contribution in [0.1, 0.15) is 25.1 Å². The monoisotopic (exact) mass is 428 g/mol. The Morgan fingerprint density at radius 3 is 2.68 bits per heavy atom. The van der Waals surface area contributed by atoms with Crippen LogP contribution >= 0.6 is 0 Å². The normalized spacial score (nSPS) is 15.0. The summed E-state index contributed by atoms with van der Waals surface area (Å²) in [6.07, 6.45) is 1.61. The average molecular weight is 429 g/mol. The smallest absolute Gasteiger partial charge is 0.257 e. The Hall–Kier alpha value is -3.07. The van der Waals surface area contributed by atoms with Gasteiger partial charge < -0.3 is 24.8 Å². The fourth-order valence-electron chi connectivity index (χ4n) is 3.39. The summed E-state index contributed by atoms with van der Waals surface area (Å²) in [6, 6.07) is 9.63. The molecule has 2 heterocycles. The van der Waals surface area contributed by atoms with Gasteiger partial charge in [0.25, 0.3) is 5.91 Å². The summed E-state index contributed by atoms with van der Waals surface area (Å²) in [4.78, 5) is 21.1. The van der Waals surface area contributed by atoms with E-state index in [-0.39, 0.29) is 12.5 Å². The zero-order valence-corrected chi connectivity index (χ0v) is 18.3.